The molecule has 2 rings (SSSR count). The molecule has 0 radical (unpaired) electrons. The van der Waals surface area contributed by atoms with Gasteiger partial charge in [-0.2, -0.15) is 0 Å². The van der Waals surface area contributed by atoms with Crippen molar-refractivity contribution in [3.8, 4) is 0 Å². The second-order valence-electron chi connectivity index (χ2n) is 6.60. The summed E-state index contributed by atoms with van der Waals surface area (Å²) in [6.07, 6.45) is -0.570. The van der Waals surface area contributed by atoms with E-state index in [9.17, 15) is 9.59 Å². The van der Waals surface area contributed by atoms with Crippen molar-refractivity contribution in [2.75, 3.05) is 12.0 Å². The van der Waals surface area contributed by atoms with Crippen LogP contribution in [0.25, 0.3) is 0 Å². The molecular formula is C20H24NO3PS. The zero-order valence-electron chi connectivity index (χ0n) is 15.3. The summed E-state index contributed by atoms with van der Waals surface area (Å²) < 4.78 is 5.14. The van der Waals surface area contributed by atoms with Crippen molar-refractivity contribution in [3.63, 3.8) is 0 Å². The SMILES string of the molecule is CC(C)(C)OC(=O)NCC(=O)SCP(c1ccccc1)c1ccccc1. The maximum Gasteiger partial charge on any atom is 0.408 e. The smallest absolute Gasteiger partial charge is 0.408 e. The summed E-state index contributed by atoms with van der Waals surface area (Å²) in [6, 6.07) is 20.5. The topological polar surface area (TPSA) is 55.4 Å². The maximum atomic E-state index is 12.2. The van der Waals surface area contributed by atoms with Crippen LogP contribution in [-0.2, 0) is 9.53 Å². The van der Waals surface area contributed by atoms with E-state index in [-0.39, 0.29) is 11.7 Å². The molecule has 2 aromatic carbocycles. The van der Waals surface area contributed by atoms with Crippen LogP contribution in [0.3, 0.4) is 0 Å². The number of rotatable bonds is 6. The summed E-state index contributed by atoms with van der Waals surface area (Å²) in [4.78, 5) is 23.8. The van der Waals surface area contributed by atoms with Crippen LogP contribution in [0.4, 0.5) is 4.79 Å². The van der Waals surface area contributed by atoms with Crippen molar-refractivity contribution in [1.82, 2.24) is 5.32 Å². The van der Waals surface area contributed by atoms with Crippen LogP contribution >= 0.6 is 19.7 Å². The summed E-state index contributed by atoms with van der Waals surface area (Å²) in [7, 11) is -0.633. The van der Waals surface area contributed by atoms with Gasteiger partial charge < -0.3 is 10.1 Å². The fourth-order valence-corrected chi connectivity index (χ4v) is 5.98. The lowest BCUT2D eigenvalue weighted by molar-refractivity contribution is -0.110. The van der Waals surface area contributed by atoms with Gasteiger partial charge in [-0.1, -0.05) is 72.4 Å². The molecule has 2 aromatic rings. The average molecular weight is 389 g/mol. The van der Waals surface area contributed by atoms with Gasteiger partial charge in [-0.15, -0.1) is 0 Å². The molecule has 1 amide bonds. The van der Waals surface area contributed by atoms with E-state index in [4.69, 9.17) is 4.74 Å². The van der Waals surface area contributed by atoms with E-state index in [2.05, 4.69) is 29.6 Å². The standard InChI is InChI=1S/C20H24NO3PS/c1-20(2,3)24-19(23)21-14-18(22)26-15-25(16-10-6-4-7-11-16)17-12-8-5-9-13-17/h4-13H,14-15H2,1-3H3,(H,21,23). The predicted molar refractivity (Wildman–Crippen MR) is 111 cm³/mol. The fourth-order valence-electron chi connectivity index (χ4n) is 2.16. The van der Waals surface area contributed by atoms with Crippen LogP contribution in [0.1, 0.15) is 20.8 Å². The number of carbonyl (C=O) groups excluding carboxylic acids is 2. The second kappa shape index (κ2) is 9.75. The van der Waals surface area contributed by atoms with Crippen molar-refractivity contribution in [1.29, 1.82) is 0 Å². The lowest BCUT2D eigenvalue weighted by Crippen LogP contribution is -2.35. The monoisotopic (exact) mass is 389 g/mol. The highest BCUT2D eigenvalue weighted by Gasteiger charge is 2.18. The Labute approximate surface area is 160 Å². The Balaban J connectivity index is 1.93. The molecule has 0 aliphatic rings. The number of amides is 1. The first-order valence-corrected chi connectivity index (χ1v) is 10.9. The number of thioether (sulfide) groups is 1. The molecular weight excluding hydrogens is 365 g/mol. The van der Waals surface area contributed by atoms with Crippen molar-refractivity contribution in [2.24, 2.45) is 0 Å². The Morgan fingerprint density at radius 3 is 1.92 bits per heavy atom. The van der Waals surface area contributed by atoms with E-state index < -0.39 is 19.6 Å². The minimum absolute atomic E-state index is 0.0354. The van der Waals surface area contributed by atoms with Crippen molar-refractivity contribution in [2.45, 2.75) is 26.4 Å². The zero-order chi connectivity index (χ0) is 19.0. The molecule has 0 atom stereocenters. The first-order chi connectivity index (χ1) is 12.3. The minimum atomic E-state index is -0.633. The highest BCUT2D eigenvalue weighted by molar-refractivity contribution is 8.18. The van der Waals surface area contributed by atoms with Gasteiger partial charge in [-0.05, 0) is 39.3 Å². The van der Waals surface area contributed by atoms with Crippen LogP contribution in [0.5, 0.6) is 0 Å². The van der Waals surface area contributed by atoms with Crippen molar-refractivity contribution >= 4 is 41.5 Å². The second-order valence-corrected chi connectivity index (χ2v) is 10.3. The van der Waals surface area contributed by atoms with Gasteiger partial charge in [0.05, 0.1) is 6.54 Å². The molecule has 0 aliphatic carbocycles. The number of benzene rings is 2. The molecule has 0 spiro atoms. The Morgan fingerprint density at radius 2 is 1.46 bits per heavy atom. The summed E-state index contributed by atoms with van der Waals surface area (Å²) in [5, 5.41) is 4.91. The van der Waals surface area contributed by atoms with Gasteiger partial charge in [0.15, 0.2) is 0 Å². The van der Waals surface area contributed by atoms with Crippen LogP contribution in [0.2, 0.25) is 0 Å². The molecule has 0 bridgehead atoms. The van der Waals surface area contributed by atoms with Gasteiger partial charge in [-0.25, -0.2) is 4.79 Å². The summed E-state index contributed by atoms with van der Waals surface area (Å²) in [5.74, 6) is 0. The Hall–Kier alpha value is -1.84. The van der Waals surface area contributed by atoms with Gasteiger partial charge in [0.2, 0.25) is 5.12 Å². The maximum absolute atomic E-state index is 12.2. The average Bonchev–Trinajstić information content (AvgIpc) is 2.60. The van der Waals surface area contributed by atoms with Crippen LogP contribution in [0.15, 0.2) is 60.7 Å². The molecule has 138 valence electrons. The van der Waals surface area contributed by atoms with E-state index in [1.54, 1.807) is 20.8 Å². The van der Waals surface area contributed by atoms with Crippen LogP contribution in [-0.4, -0.2) is 28.8 Å². The third-order valence-corrected chi connectivity index (χ3v) is 7.12. The third kappa shape index (κ3) is 7.19. The normalized spacial score (nSPS) is 11.2. The first kappa shape index (κ1) is 20.5. The molecule has 0 fully saturated rings. The molecule has 6 heteroatoms. The van der Waals surface area contributed by atoms with Gasteiger partial charge in [0, 0.05) is 5.49 Å². The molecule has 0 unspecified atom stereocenters. The Morgan fingerprint density at radius 1 is 0.962 bits per heavy atom. The van der Waals surface area contributed by atoms with E-state index >= 15 is 0 Å². The number of alkyl carbamates (subject to hydrolysis) is 1. The van der Waals surface area contributed by atoms with E-state index in [1.165, 1.54) is 22.4 Å². The van der Waals surface area contributed by atoms with Crippen LogP contribution < -0.4 is 15.9 Å². The zero-order valence-corrected chi connectivity index (χ0v) is 17.0. The van der Waals surface area contributed by atoms with Gasteiger partial charge in [-0.3, -0.25) is 4.79 Å². The summed E-state index contributed by atoms with van der Waals surface area (Å²) in [6.45, 7) is 5.33. The van der Waals surface area contributed by atoms with Crippen LogP contribution in [0, 0.1) is 0 Å². The molecule has 0 saturated heterocycles. The third-order valence-electron chi connectivity index (χ3n) is 3.27. The summed E-state index contributed by atoms with van der Waals surface area (Å²) in [5.41, 5.74) is 0.105. The highest BCUT2D eigenvalue weighted by atomic mass is 32.2. The van der Waals surface area contributed by atoms with E-state index in [0.717, 1.165) is 0 Å². The fraction of sp³-hybridized carbons (Fsp3) is 0.300. The van der Waals surface area contributed by atoms with Gasteiger partial charge in [0.1, 0.15) is 5.60 Å². The lowest BCUT2D eigenvalue weighted by Gasteiger charge is -2.20. The molecule has 4 nitrogen and oxygen atoms in total. The number of hydrogen-bond acceptors (Lipinski definition) is 4. The minimum Gasteiger partial charge on any atom is -0.444 e. The van der Waals surface area contributed by atoms with Gasteiger partial charge >= 0.3 is 6.09 Å². The lowest BCUT2D eigenvalue weighted by atomic mass is 10.2. The number of hydrogen-bond donors (Lipinski definition) is 1. The largest absolute Gasteiger partial charge is 0.444 e. The van der Waals surface area contributed by atoms with Crippen molar-refractivity contribution < 1.29 is 14.3 Å². The first-order valence-electron chi connectivity index (χ1n) is 8.35. The molecule has 1 N–H and O–H groups in total. The predicted octanol–water partition coefficient (Wildman–Crippen LogP) is 3.86. The quantitative estimate of drug-likeness (QED) is 0.763. The molecule has 0 aromatic heterocycles. The van der Waals surface area contributed by atoms with E-state index in [1.807, 2.05) is 36.4 Å². The molecule has 0 aliphatic heterocycles. The number of nitrogens with one attached hydrogen (secondary N) is 1. The summed E-state index contributed by atoms with van der Waals surface area (Å²) >= 11 is 1.25. The highest BCUT2D eigenvalue weighted by Crippen LogP contribution is 2.37. The molecule has 0 heterocycles. The Bertz CT molecular complexity index is 677. The number of ether oxygens (including phenoxy) is 1. The Kier molecular flexibility index (Phi) is 7.67. The molecule has 26 heavy (non-hydrogen) atoms. The molecule has 0 saturated carbocycles. The number of carbonyl (C=O) groups is 2. The van der Waals surface area contributed by atoms with Gasteiger partial charge in [0.25, 0.3) is 0 Å². The van der Waals surface area contributed by atoms with Crippen molar-refractivity contribution in [3.05, 3.63) is 60.7 Å². The van der Waals surface area contributed by atoms with E-state index in [0.29, 0.717) is 5.49 Å².